The van der Waals surface area contributed by atoms with E-state index >= 15 is 0 Å². The number of halogens is 1. The summed E-state index contributed by atoms with van der Waals surface area (Å²) in [5.41, 5.74) is 1.67. The molecule has 7 heteroatoms. The lowest BCUT2D eigenvalue weighted by Crippen LogP contribution is -2.38. The minimum atomic E-state index is -3.10. The van der Waals surface area contributed by atoms with Crippen LogP contribution in [0.1, 0.15) is 18.9 Å². The molecule has 0 amide bonds. The van der Waals surface area contributed by atoms with E-state index in [1.807, 2.05) is 10.8 Å². The van der Waals surface area contributed by atoms with Gasteiger partial charge in [-0.25, -0.2) is 22.1 Å². The van der Waals surface area contributed by atoms with Crippen LogP contribution in [0.4, 0.5) is 4.39 Å². The Morgan fingerprint density at radius 3 is 2.41 bits per heavy atom. The van der Waals surface area contributed by atoms with Crippen molar-refractivity contribution in [3.63, 3.8) is 0 Å². The Hall–Kier alpha value is -1.73. The first-order valence-corrected chi connectivity index (χ1v) is 9.03. The van der Waals surface area contributed by atoms with Crippen molar-refractivity contribution < 1.29 is 12.8 Å². The summed E-state index contributed by atoms with van der Waals surface area (Å²) in [6.07, 6.45) is 6.49. The standard InChI is InChI=1S/C15H18FN3O2S/c1-22(20,21)19-8-6-14(7-9-19)18-10-15(17-11-18)12-2-4-13(16)5-3-12/h2-5,10-11,14H,6-9H2,1H3. The van der Waals surface area contributed by atoms with Gasteiger partial charge in [-0.2, -0.15) is 0 Å². The minimum Gasteiger partial charge on any atom is -0.334 e. The SMILES string of the molecule is CS(=O)(=O)N1CCC(n2cnc(-c3ccc(F)cc3)c2)CC1. The van der Waals surface area contributed by atoms with Crippen LogP contribution in [-0.2, 0) is 10.0 Å². The van der Waals surface area contributed by atoms with E-state index in [1.165, 1.54) is 22.7 Å². The van der Waals surface area contributed by atoms with E-state index in [0.29, 0.717) is 13.1 Å². The van der Waals surface area contributed by atoms with Gasteiger partial charge in [-0.05, 0) is 37.1 Å². The molecular formula is C15H18FN3O2S. The molecule has 2 aromatic rings. The third kappa shape index (κ3) is 3.20. The summed E-state index contributed by atoms with van der Waals surface area (Å²) in [6.45, 7) is 1.07. The predicted molar refractivity (Wildman–Crippen MR) is 82.3 cm³/mol. The Balaban J connectivity index is 1.71. The largest absolute Gasteiger partial charge is 0.334 e. The highest BCUT2D eigenvalue weighted by Crippen LogP contribution is 2.26. The third-order valence-corrected chi connectivity index (χ3v) is 5.36. The third-order valence-electron chi connectivity index (χ3n) is 4.06. The lowest BCUT2D eigenvalue weighted by Gasteiger charge is -2.30. The summed E-state index contributed by atoms with van der Waals surface area (Å²) < 4.78 is 39.5. The smallest absolute Gasteiger partial charge is 0.211 e. The zero-order chi connectivity index (χ0) is 15.7. The van der Waals surface area contributed by atoms with Crippen molar-refractivity contribution in [3.05, 3.63) is 42.6 Å². The molecule has 3 rings (SSSR count). The van der Waals surface area contributed by atoms with Crippen molar-refractivity contribution in [1.29, 1.82) is 0 Å². The zero-order valence-electron chi connectivity index (χ0n) is 12.3. The van der Waals surface area contributed by atoms with Gasteiger partial charge in [-0.1, -0.05) is 0 Å². The molecular weight excluding hydrogens is 305 g/mol. The molecule has 1 aliphatic heterocycles. The van der Waals surface area contributed by atoms with Crippen LogP contribution < -0.4 is 0 Å². The fourth-order valence-electron chi connectivity index (χ4n) is 2.78. The van der Waals surface area contributed by atoms with Gasteiger partial charge in [0.25, 0.3) is 0 Å². The summed E-state index contributed by atoms with van der Waals surface area (Å²) in [5.74, 6) is -0.267. The van der Waals surface area contributed by atoms with Crippen molar-refractivity contribution in [2.45, 2.75) is 18.9 Å². The van der Waals surface area contributed by atoms with Gasteiger partial charge in [0.1, 0.15) is 5.82 Å². The number of imidazole rings is 1. The van der Waals surface area contributed by atoms with Crippen molar-refractivity contribution in [3.8, 4) is 11.3 Å². The molecule has 2 heterocycles. The molecule has 118 valence electrons. The van der Waals surface area contributed by atoms with Crippen LogP contribution in [0.15, 0.2) is 36.8 Å². The van der Waals surface area contributed by atoms with E-state index < -0.39 is 10.0 Å². The first-order valence-electron chi connectivity index (χ1n) is 7.18. The van der Waals surface area contributed by atoms with Crippen LogP contribution in [-0.4, -0.2) is 41.6 Å². The first kappa shape index (κ1) is 15.2. The van der Waals surface area contributed by atoms with Crippen LogP contribution in [0.2, 0.25) is 0 Å². The molecule has 1 aliphatic rings. The lowest BCUT2D eigenvalue weighted by molar-refractivity contribution is 0.275. The van der Waals surface area contributed by atoms with Gasteiger partial charge in [0.05, 0.1) is 18.3 Å². The normalized spacial score (nSPS) is 17.7. The topological polar surface area (TPSA) is 55.2 Å². The number of rotatable bonds is 3. The molecule has 1 fully saturated rings. The predicted octanol–water partition coefficient (Wildman–Crippen LogP) is 2.29. The quantitative estimate of drug-likeness (QED) is 0.871. The van der Waals surface area contributed by atoms with E-state index in [4.69, 9.17) is 0 Å². The second kappa shape index (κ2) is 5.81. The highest BCUT2D eigenvalue weighted by Gasteiger charge is 2.25. The van der Waals surface area contributed by atoms with Crippen LogP contribution in [0.25, 0.3) is 11.3 Å². The first-order chi connectivity index (χ1) is 10.4. The molecule has 0 saturated carbocycles. The van der Waals surface area contributed by atoms with Gasteiger partial charge in [0.2, 0.25) is 10.0 Å². The Morgan fingerprint density at radius 2 is 1.82 bits per heavy atom. The molecule has 22 heavy (non-hydrogen) atoms. The number of sulfonamides is 1. The van der Waals surface area contributed by atoms with Crippen LogP contribution in [0, 0.1) is 5.82 Å². The Morgan fingerprint density at radius 1 is 1.18 bits per heavy atom. The van der Waals surface area contributed by atoms with E-state index in [1.54, 1.807) is 18.5 Å². The van der Waals surface area contributed by atoms with Crippen LogP contribution in [0.3, 0.4) is 0 Å². The van der Waals surface area contributed by atoms with Crippen LogP contribution >= 0.6 is 0 Å². The Labute approximate surface area is 129 Å². The van der Waals surface area contributed by atoms with Gasteiger partial charge in [-0.15, -0.1) is 0 Å². The zero-order valence-corrected chi connectivity index (χ0v) is 13.1. The molecule has 0 spiro atoms. The van der Waals surface area contributed by atoms with Gasteiger partial charge in [-0.3, -0.25) is 0 Å². The number of hydrogen-bond donors (Lipinski definition) is 0. The number of benzene rings is 1. The Bertz CT molecular complexity index is 747. The van der Waals surface area contributed by atoms with Gasteiger partial charge in [0.15, 0.2) is 0 Å². The monoisotopic (exact) mass is 323 g/mol. The fourth-order valence-corrected chi connectivity index (χ4v) is 3.65. The highest BCUT2D eigenvalue weighted by molar-refractivity contribution is 7.88. The summed E-state index contributed by atoms with van der Waals surface area (Å²) in [6, 6.07) is 6.49. The molecule has 0 bridgehead atoms. The number of hydrogen-bond acceptors (Lipinski definition) is 3. The number of piperidine rings is 1. The van der Waals surface area contributed by atoms with E-state index in [9.17, 15) is 12.8 Å². The number of aromatic nitrogens is 2. The summed E-state index contributed by atoms with van der Waals surface area (Å²) in [4.78, 5) is 4.37. The molecule has 1 aromatic carbocycles. The van der Waals surface area contributed by atoms with E-state index in [0.717, 1.165) is 24.1 Å². The maximum Gasteiger partial charge on any atom is 0.211 e. The molecule has 1 aromatic heterocycles. The molecule has 0 aliphatic carbocycles. The van der Waals surface area contributed by atoms with Crippen molar-refractivity contribution >= 4 is 10.0 Å². The molecule has 0 unspecified atom stereocenters. The molecule has 0 atom stereocenters. The second-order valence-corrected chi connectivity index (χ2v) is 7.59. The molecule has 5 nitrogen and oxygen atoms in total. The summed E-state index contributed by atoms with van der Waals surface area (Å²) in [5, 5.41) is 0. The second-order valence-electron chi connectivity index (χ2n) is 5.61. The molecule has 1 saturated heterocycles. The van der Waals surface area contributed by atoms with Crippen molar-refractivity contribution in [2.24, 2.45) is 0 Å². The summed E-state index contributed by atoms with van der Waals surface area (Å²) in [7, 11) is -3.10. The van der Waals surface area contributed by atoms with Gasteiger partial charge in [0, 0.05) is 30.9 Å². The highest BCUT2D eigenvalue weighted by atomic mass is 32.2. The van der Waals surface area contributed by atoms with E-state index in [2.05, 4.69) is 4.98 Å². The Kier molecular flexibility index (Phi) is 4.01. The van der Waals surface area contributed by atoms with Gasteiger partial charge >= 0.3 is 0 Å². The van der Waals surface area contributed by atoms with Crippen molar-refractivity contribution in [2.75, 3.05) is 19.3 Å². The lowest BCUT2D eigenvalue weighted by atomic mass is 10.1. The van der Waals surface area contributed by atoms with Crippen LogP contribution in [0.5, 0.6) is 0 Å². The molecule has 0 radical (unpaired) electrons. The maximum atomic E-state index is 13.0. The maximum absolute atomic E-state index is 13.0. The van der Waals surface area contributed by atoms with E-state index in [-0.39, 0.29) is 11.9 Å². The fraction of sp³-hybridized carbons (Fsp3) is 0.400. The van der Waals surface area contributed by atoms with Crippen molar-refractivity contribution in [1.82, 2.24) is 13.9 Å². The number of nitrogens with zero attached hydrogens (tertiary/aromatic N) is 3. The average molecular weight is 323 g/mol. The van der Waals surface area contributed by atoms with Gasteiger partial charge < -0.3 is 4.57 Å². The summed E-state index contributed by atoms with van der Waals surface area (Å²) >= 11 is 0. The molecule has 0 N–H and O–H groups in total. The average Bonchev–Trinajstić information content (AvgIpc) is 2.97. The minimum absolute atomic E-state index is 0.250.